The smallest absolute Gasteiger partial charge is 0.257 e. The van der Waals surface area contributed by atoms with E-state index < -0.39 is 0 Å². The van der Waals surface area contributed by atoms with Crippen molar-refractivity contribution in [1.82, 2.24) is 9.80 Å². The molecule has 0 unspecified atom stereocenters. The SMILES string of the molecule is COc1ccc(NC(C)=O)cc1C(=O)N1CCN(C(=O)C2CCC2)CC1. The highest BCUT2D eigenvalue weighted by Crippen LogP contribution is 2.29. The Morgan fingerprint density at radius 1 is 1.08 bits per heavy atom. The molecule has 3 rings (SSSR count). The minimum atomic E-state index is -0.198. The van der Waals surface area contributed by atoms with Crippen molar-refractivity contribution in [3.63, 3.8) is 0 Å². The number of ether oxygens (including phenoxy) is 1. The summed E-state index contributed by atoms with van der Waals surface area (Å²) in [7, 11) is 1.51. The molecule has 1 N–H and O–H groups in total. The van der Waals surface area contributed by atoms with E-state index in [1.807, 2.05) is 4.90 Å². The largest absolute Gasteiger partial charge is 0.496 e. The summed E-state index contributed by atoms with van der Waals surface area (Å²) in [5.74, 6) is 0.541. The number of anilines is 1. The minimum Gasteiger partial charge on any atom is -0.496 e. The first kappa shape index (κ1) is 18.2. The van der Waals surface area contributed by atoms with Crippen LogP contribution < -0.4 is 10.1 Å². The van der Waals surface area contributed by atoms with Gasteiger partial charge in [0.05, 0.1) is 12.7 Å². The van der Waals surface area contributed by atoms with Crippen molar-refractivity contribution < 1.29 is 19.1 Å². The Balaban J connectivity index is 1.67. The molecule has 1 aromatic rings. The maximum atomic E-state index is 12.9. The van der Waals surface area contributed by atoms with Crippen molar-refractivity contribution in [2.75, 3.05) is 38.6 Å². The number of piperazine rings is 1. The molecule has 1 aliphatic heterocycles. The summed E-state index contributed by atoms with van der Waals surface area (Å²) in [6.45, 7) is 3.56. The average molecular weight is 359 g/mol. The molecule has 1 saturated heterocycles. The Morgan fingerprint density at radius 2 is 1.73 bits per heavy atom. The summed E-state index contributed by atoms with van der Waals surface area (Å²) in [5, 5.41) is 2.68. The molecule has 1 heterocycles. The zero-order valence-electron chi connectivity index (χ0n) is 15.3. The maximum absolute atomic E-state index is 12.9. The van der Waals surface area contributed by atoms with Gasteiger partial charge in [-0.15, -0.1) is 0 Å². The van der Waals surface area contributed by atoms with Gasteiger partial charge < -0.3 is 19.9 Å². The zero-order chi connectivity index (χ0) is 18.7. The normalized spacial score (nSPS) is 17.5. The van der Waals surface area contributed by atoms with E-state index in [4.69, 9.17) is 4.74 Å². The van der Waals surface area contributed by atoms with E-state index in [0.717, 1.165) is 19.3 Å². The predicted molar refractivity (Wildman–Crippen MR) is 97.1 cm³/mol. The van der Waals surface area contributed by atoms with E-state index in [0.29, 0.717) is 43.2 Å². The Labute approximate surface area is 153 Å². The molecule has 7 heteroatoms. The van der Waals surface area contributed by atoms with E-state index in [1.165, 1.54) is 14.0 Å². The van der Waals surface area contributed by atoms with Gasteiger partial charge in [0.25, 0.3) is 5.91 Å². The van der Waals surface area contributed by atoms with Crippen LogP contribution in [0.5, 0.6) is 5.75 Å². The Kier molecular flexibility index (Phi) is 5.44. The van der Waals surface area contributed by atoms with Gasteiger partial charge in [0.1, 0.15) is 5.75 Å². The Hall–Kier alpha value is -2.57. The van der Waals surface area contributed by atoms with E-state index >= 15 is 0 Å². The molecule has 1 aromatic carbocycles. The van der Waals surface area contributed by atoms with Crippen molar-refractivity contribution in [2.45, 2.75) is 26.2 Å². The number of hydrogen-bond acceptors (Lipinski definition) is 4. The molecule has 1 saturated carbocycles. The molecule has 0 bridgehead atoms. The molecule has 0 atom stereocenters. The molecule has 140 valence electrons. The average Bonchev–Trinajstić information content (AvgIpc) is 2.59. The van der Waals surface area contributed by atoms with Crippen LogP contribution in [0.4, 0.5) is 5.69 Å². The van der Waals surface area contributed by atoms with Crippen LogP contribution in [0.2, 0.25) is 0 Å². The van der Waals surface area contributed by atoms with Crippen LogP contribution in [0.15, 0.2) is 18.2 Å². The summed E-state index contributed by atoms with van der Waals surface area (Å²) < 4.78 is 5.31. The van der Waals surface area contributed by atoms with E-state index in [2.05, 4.69) is 5.32 Å². The maximum Gasteiger partial charge on any atom is 0.257 e. The fourth-order valence-corrected chi connectivity index (χ4v) is 3.37. The van der Waals surface area contributed by atoms with Crippen molar-refractivity contribution in [3.8, 4) is 5.75 Å². The summed E-state index contributed by atoms with van der Waals surface area (Å²) in [6, 6.07) is 5.01. The molecule has 2 fully saturated rings. The lowest BCUT2D eigenvalue weighted by Crippen LogP contribution is -2.52. The van der Waals surface area contributed by atoms with Crippen LogP contribution in [0, 0.1) is 5.92 Å². The number of nitrogens with zero attached hydrogens (tertiary/aromatic N) is 2. The molecule has 0 radical (unpaired) electrons. The van der Waals surface area contributed by atoms with Gasteiger partial charge in [0, 0.05) is 44.7 Å². The van der Waals surface area contributed by atoms with Gasteiger partial charge in [-0.1, -0.05) is 6.42 Å². The van der Waals surface area contributed by atoms with Crippen molar-refractivity contribution in [2.24, 2.45) is 5.92 Å². The Bertz CT molecular complexity index is 707. The highest BCUT2D eigenvalue weighted by atomic mass is 16.5. The molecule has 3 amide bonds. The first-order valence-corrected chi connectivity index (χ1v) is 9.03. The zero-order valence-corrected chi connectivity index (χ0v) is 15.3. The molecule has 0 spiro atoms. The highest BCUT2D eigenvalue weighted by molar-refractivity contribution is 5.99. The number of carbonyl (C=O) groups is 3. The lowest BCUT2D eigenvalue weighted by molar-refractivity contribution is -0.139. The van der Waals surface area contributed by atoms with Crippen molar-refractivity contribution >= 4 is 23.4 Å². The molecule has 26 heavy (non-hydrogen) atoms. The lowest BCUT2D eigenvalue weighted by atomic mass is 9.84. The van der Waals surface area contributed by atoms with Crippen LogP contribution in [0.1, 0.15) is 36.5 Å². The van der Waals surface area contributed by atoms with Crippen molar-refractivity contribution in [3.05, 3.63) is 23.8 Å². The highest BCUT2D eigenvalue weighted by Gasteiger charge is 2.32. The number of nitrogens with one attached hydrogen (secondary N) is 1. The van der Waals surface area contributed by atoms with Gasteiger partial charge in [0.15, 0.2) is 0 Å². The van der Waals surface area contributed by atoms with Gasteiger partial charge in [-0.25, -0.2) is 0 Å². The topological polar surface area (TPSA) is 79.0 Å². The third-order valence-corrected chi connectivity index (χ3v) is 5.08. The Morgan fingerprint density at radius 3 is 2.27 bits per heavy atom. The van der Waals surface area contributed by atoms with Gasteiger partial charge in [0.2, 0.25) is 11.8 Å². The summed E-state index contributed by atoms with van der Waals surface area (Å²) in [4.78, 5) is 40.1. The van der Waals surface area contributed by atoms with Crippen molar-refractivity contribution in [1.29, 1.82) is 0 Å². The first-order valence-electron chi connectivity index (χ1n) is 9.03. The number of rotatable bonds is 4. The fraction of sp³-hybridized carbons (Fsp3) is 0.526. The standard InChI is InChI=1S/C19H25N3O4/c1-13(23)20-15-6-7-17(26-2)16(12-15)19(25)22-10-8-21(9-11-22)18(24)14-4-3-5-14/h6-7,12,14H,3-5,8-11H2,1-2H3,(H,20,23). The fourth-order valence-electron chi connectivity index (χ4n) is 3.37. The summed E-state index contributed by atoms with van der Waals surface area (Å²) in [6.07, 6.45) is 3.12. The van der Waals surface area contributed by atoms with E-state index in [1.54, 1.807) is 23.1 Å². The van der Waals surface area contributed by atoms with Crippen LogP contribution in [0.25, 0.3) is 0 Å². The van der Waals surface area contributed by atoms with Gasteiger partial charge in [-0.05, 0) is 31.0 Å². The molecule has 1 aliphatic carbocycles. The predicted octanol–water partition coefficient (Wildman–Crippen LogP) is 1.74. The quantitative estimate of drug-likeness (QED) is 0.888. The monoisotopic (exact) mass is 359 g/mol. The second kappa shape index (κ2) is 7.76. The summed E-state index contributed by atoms with van der Waals surface area (Å²) >= 11 is 0. The summed E-state index contributed by atoms with van der Waals surface area (Å²) in [5.41, 5.74) is 0.970. The van der Waals surface area contributed by atoms with Crippen LogP contribution in [0.3, 0.4) is 0 Å². The number of methoxy groups -OCH3 is 1. The first-order chi connectivity index (χ1) is 12.5. The minimum absolute atomic E-state index is 0.148. The van der Waals surface area contributed by atoms with Gasteiger partial charge in [-0.3, -0.25) is 14.4 Å². The van der Waals surface area contributed by atoms with Crippen LogP contribution in [-0.4, -0.2) is 60.8 Å². The van der Waals surface area contributed by atoms with Crippen LogP contribution in [-0.2, 0) is 9.59 Å². The number of hydrogen-bond donors (Lipinski definition) is 1. The third-order valence-electron chi connectivity index (χ3n) is 5.08. The van der Waals surface area contributed by atoms with Gasteiger partial charge in [-0.2, -0.15) is 0 Å². The number of amides is 3. The van der Waals surface area contributed by atoms with Crippen LogP contribution >= 0.6 is 0 Å². The number of carbonyl (C=O) groups excluding carboxylic acids is 3. The molecule has 0 aromatic heterocycles. The lowest BCUT2D eigenvalue weighted by Gasteiger charge is -2.38. The second-order valence-corrected chi connectivity index (χ2v) is 6.84. The van der Waals surface area contributed by atoms with Gasteiger partial charge >= 0.3 is 0 Å². The molecular weight excluding hydrogens is 334 g/mol. The molecule has 2 aliphatic rings. The molecule has 7 nitrogen and oxygen atoms in total. The molecular formula is C19H25N3O4. The van der Waals surface area contributed by atoms with E-state index in [9.17, 15) is 14.4 Å². The van der Waals surface area contributed by atoms with E-state index in [-0.39, 0.29) is 23.6 Å². The third kappa shape index (κ3) is 3.81. The number of benzene rings is 1. The second-order valence-electron chi connectivity index (χ2n) is 6.84.